The fourth-order valence-corrected chi connectivity index (χ4v) is 3.74. The van der Waals surface area contributed by atoms with Gasteiger partial charge in [0.2, 0.25) is 0 Å². The predicted molar refractivity (Wildman–Crippen MR) is 117 cm³/mol. The molecule has 0 aliphatic carbocycles. The second-order valence-electron chi connectivity index (χ2n) is 6.64. The van der Waals surface area contributed by atoms with Crippen LogP contribution >= 0.6 is 11.3 Å². The van der Waals surface area contributed by atoms with E-state index in [2.05, 4.69) is 51.9 Å². The van der Waals surface area contributed by atoms with Gasteiger partial charge in [-0.1, -0.05) is 35.9 Å². The minimum atomic E-state index is -0.239. The van der Waals surface area contributed by atoms with Crippen molar-refractivity contribution >= 4 is 23.1 Å². The molecule has 6 nitrogen and oxygen atoms in total. The summed E-state index contributed by atoms with van der Waals surface area (Å²) in [4.78, 5) is 16.9. The molecule has 0 spiro atoms. The van der Waals surface area contributed by atoms with Gasteiger partial charge in [0, 0.05) is 42.0 Å². The predicted octanol–water partition coefficient (Wildman–Crippen LogP) is 4.67. The van der Waals surface area contributed by atoms with Crippen molar-refractivity contribution in [3.63, 3.8) is 0 Å². The number of carbonyl (C=O) groups is 1. The van der Waals surface area contributed by atoms with E-state index < -0.39 is 0 Å². The molecule has 0 saturated heterocycles. The number of amides is 2. The summed E-state index contributed by atoms with van der Waals surface area (Å²) < 4.78 is 1.75. The Labute approximate surface area is 173 Å². The molecular formula is C22H21N5OS. The number of urea groups is 1. The molecule has 7 heteroatoms. The first-order valence-corrected chi connectivity index (χ1v) is 10.2. The van der Waals surface area contributed by atoms with Gasteiger partial charge in [-0.05, 0) is 31.2 Å². The van der Waals surface area contributed by atoms with Gasteiger partial charge < -0.3 is 10.6 Å². The quantitative estimate of drug-likeness (QED) is 0.491. The number of thiazole rings is 1. The van der Waals surface area contributed by atoms with Crippen molar-refractivity contribution in [2.75, 3.05) is 11.9 Å². The van der Waals surface area contributed by atoms with E-state index in [-0.39, 0.29) is 6.03 Å². The molecule has 2 aromatic carbocycles. The Hall–Kier alpha value is -3.45. The summed E-state index contributed by atoms with van der Waals surface area (Å²) in [7, 11) is 0. The van der Waals surface area contributed by atoms with E-state index in [0.29, 0.717) is 18.7 Å². The Bertz CT molecular complexity index is 1090. The van der Waals surface area contributed by atoms with Gasteiger partial charge in [0.1, 0.15) is 5.01 Å². The van der Waals surface area contributed by atoms with Crippen molar-refractivity contribution < 1.29 is 4.79 Å². The first-order chi connectivity index (χ1) is 14.2. The molecule has 0 atom stereocenters. The first kappa shape index (κ1) is 18.9. The topological polar surface area (TPSA) is 71.8 Å². The van der Waals surface area contributed by atoms with Crippen molar-refractivity contribution in [1.29, 1.82) is 0 Å². The number of benzene rings is 2. The van der Waals surface area contributed by atoms with Crippen LogP contribution < -0.4 is 10.6 Å². The molecule has 2 heterocycles. The normalized spacial score (nSPS) is 10.7. The molecule has 0 radical (unpaired) electrons. The van der Waals surface area contributed by atoms with Crippen LogP contribution in [-0.4, -0.2) is 27.3 Å². The van der Waals surface area contributed by atoms with Crippen LogP contribution in [0.3, 0.4) is 0 Å². The van der Waals surface area contributed by atoms with Gasteiger partial charge in [0.15, 0.2) is 0 Å². The summed E-state index contributed by atoms with van der Waals surface area (Å²) in [5.74, 6) is 0. The molecule has 4 aromatic rings. The summed E-state index contributed by atoms with van der Waals surface area (Å²) in [5.41, 5.74) is 4.93. The second-order valence-corrected chi connectivity index (χ2v) is 7.50. The van der Waals surface area contributed by atoms with Gasteiger partial charge in [-0.15, -0.1) is 11.3 Å². The lowest BCUT2D eigenvalue weighted by molar-refractivity contribution is 0.252. The lowest BCUT2D eigenvalue weighted by atomic mass is 10.2. The van der Waals surface area contributed by atoms with E-state index in [1.165, 1.54) is 5.56 Å². The standard InChI is InChI=1S/C22H21N5OS/c1-16-6-8-17(9-7-16)21-25-19(15-29-21)10-12-23-22(28)26-18-4-2-5-20(14-18)27-13-3-11-24-27/h2-9,11,13-15H,10,12H2,1H3,(H2,23,26,28). The van der Waals surface area contributed by atoms with Gasteiger partial charge in [-0.2, -0.15) is 5.10 Å². The van der Waals surface area contributed by atoms with Crippen molar-refractivity contribution in [3.8, 4) is 16.3 Å². The summed E-state index contributed by atoms with van der Waals surface area (Å²) in [6.07, 6.45) is 4.26. The van der Waals surface area contributed by atoms with Crippen LogP contribution in [0.4, 0.5) is 10.5 Å². The zero-order chi connectivity index (χ0) is 20.1. The number of carbonyl (C=O) groups excluding carboxylic acids is 1. The van der Waals surface area contributed by atoms with Crippen LogP contribution in [0.1, 0.15) is 11.3 Å². The van der Waals surface area contributed by atoms with Gasteiger partial charge in [-0.3, -0.25) is 0 Å². The molecule has 0 aliphatic heterocycles. The third-order valence-electron chi connectivity index (χ3n) is 4.39. The lowest BCUT2D eigenvalue weighted by Crippen LogP contribution is -2.30. The molecule has 0 saturated carbocycles. The zero-order valence-corrected chi connectivity index (χ0v) is 16.8. The number of rotatable bonds is 6. The Balaban J connectivity index is 1.28. The van der Waals surface area contributed by atoms with Crippen LogP contribution in [0, 0.1) is 6.92 Å². The van der Waals surface area contributed by atoms with Crippen molar-refractivity contribution in [3.05, 3.63) is 83.6 Å². The minimum Gasteiger partial charge on any atom is -0.337 e. The van der Waals surface area contributed by atoms with Gasteiger partial charge in [0.05, 0.1) is 11.4 Å². The molecule has 0 fully saturated rings. The maximum atomic E-state index is 12.2. The highest BCUT2D eigenvalue weighted by atomic mass is 32.1. The fraction of sp³-hybridized carbons (Fsp3) is 0.136. The van der Waals surface area contributed by atoms with E-state index >= 15 is 0 Å². The van der Waals surface area contributed by atoms with E-state index in [1.54, 1.807) is 22.2 Å². The third-order valence-corrected chi connectivity index (χ3v) is 5.33. The molecule has 4 rings (SSSR count). The van der Waals surface area contributed by atoms with Crippen molar-refractivity contribution in [2.24, 2.45) is 0 Å². The Morgan fingerprint density at radius 1 is 1.14 bits per heavy atom. The maximum Gasteiger partial charge on any atom is 0.319 e. The van der Waals surface area contributed by atoms with Crippen molar-refractivity contribution in [2.45, 2.75) is 13.3 Å². The lowest BCUT2D eigenvalue weighted by Gasteiger charge is -2.09. The maximum absolute atomic E-state index is 12.2. The Morgan fingerprint density at radius 3 is 2.79 bits per heavy atom. The molecule has 2 N–H and O–H groups in total. The number of nitrogens with one attached hydrogen (secondary N) is 2. The Morgan fingerprint density at radius 2 is 2.00 bits per heavy atom. The summed E-state index contributed by atoms with van der Waals surface area (Å²) in [6, 6.07) is 17.5. The second kappa shape index (κ2) is 8.70. The highest BCUT2D eigenvalue weighted by Crippen LogP contribution is 2.24. The molecule has 0 aliphatic rings. The Kier molecular flexibility index (Phi) is 5.67. The highest BCUT2D eigenvalue weighted by Gasteiger charge is 2.07. The zero-order valence-electron chi connectivity index (χ0n) is 16.0. The third kappa shape index (κ3) is 4.89. The van der Waals surface area contributed by atoms with Crippen LogP contribution in [0.2, 0.25) is 0 Å². The number of aromatic nitrogens is 3. The number of anilines is 1. The van der Waals surface area contributed by atoms with Crippen LogP contribution in [-0.2, 0) is 6.42 Å². The fourth-order valence-electron chi connectivity index (χ4n) is 2.88. The van der Waals surface area contributed by atoms with E-state index in [9.17, 15) is 4.79 Å². The summed E-state index contributed by atoms with van der Waals surface area (Å²) in [6.45, 7) is 2.59. The van der Waals surface area contributed by atoms with Gasteiger partial charge in [-0.25, -0.2) is 14.5 Å². The van der Waals surface area contributed by atoms with Crippen LogP contribution in [0.15, 0.2) is 72.4 Å². The molecule has 2 aromatic heterocycles. The molecule has 0 bridgehead atoms. The van der Waals surface area contributed by atoms with Crippen LogP contribution in [0.25, 0.3) is 16.3 Å². The highest BCUT2D eigenvalue weighted by molar-refractivity contribution is 7.13. The molecule has 0 unspecified atom stereocenters. The number of hydrogen-bond acceptors (Lipinski definition) is 4. The average Bonchev–Trinajstić information content (AvgIpc) is 3.41. The summed E-state index contributed by atoms with van der Waals surface area (Å²) >= 11 is 1.62. The number of nitrogens with zero attached hydrogens (tertiary/aromatic N) is 3. The average molecular weight is 404 g/mol. The van der Waals surface area contributed by atoms with Gasteiger partial charge >= 0.3 is 6.03 Å². The van der Waals surface area contributed by atoms with E-state index in [4.69, 9.17) is 0 Å². The molecule has 146 valence electrons. The molecule has 2 amide bonds. The largest absolute Gasteiger partial charge is 0.337 e. The minimum absolute atomic E-state index is 0.239. The SMILES string of the molecule is Cc1ccc(-c2nc(CCNC(=O)Nc3cccc(-n4cccn4)c3)cs2)cc1. The number of aryl methyl sites for hydroxylation is 1. The monoisotopic (exact) mass is 403 g/mol. The summed E-state index contributed by atoms with van der Waals surface area (Å²) in [5, 5.41) is 13.0. The van der Waals surface area contributed by atoms with E-state index in [0.717, 1.165) is 22.0 Å². The van der Waals surface area contributed by atoms with E-state index in [1.807, 2.05) is 41.9 Å². The molecule has 29 heavy (non-hydrogen) atoms. The molecular weight excluding hydrogens is 382 g/mol. The first-order valence-electron chi connectivity index (χ1n) is 9.34. The number of hydrogen-bond donors (Lipinski definition) is 2. The van der Waals surface area contributed by atoms with Crippen molar-refractivity contribution in [1.82, 2.24) is 20.1 Å². The van der Waals surface area contributed by atoms with Gasteiger partial charge in [0.25, 0.3) is 0 Å². The smallest absolute Gasteiger partial charge is 0.319 e. The van der Waals surface area contributed by atoms with Crippen LogP contribution in [0.5, 0.6) is 0 Å².